The number of methoxy groups -OCH3 is 1. The van der Waals surface area contributed by atoms with Crippen molar-refractivity contribution in [3.05, 3.63) is 29.6 Å². The summed E-state index contributed by atoms with van der Waals surface area (Å²) in [6.45, 7) is 4.10. The van der Waals surface area contributed by atoms with Crippen molar-refractivity contribution in [1.29, 1.82) is 0 Å². The molecule has 1 aromatic rings. The maximum absolute atomic E-state index is 13.4. The van der Waals surface area contributed by atoms with Gasteiger partial charge in [-0.1, -0.05) is 6.07 Å². The van der Waals surface area contributed by atoms with Crippen LogP contribution in [0.1, 0.15) is 25.5 Å². The number of rotatable bonds is 5. The fourth-order valence-corrected chi connectivity index (χ4v) is 1.42. The van der Waals surface area contributed by atoms with Crippen molar-refractivity contribution in [2.24, 2.45) is 0 Å². The van der Waals surface area contributed by atoms with Crippen molar-refractivity contribution in [2.45, 2.75) is 26.0 Å². The number of hydrogen-bond donors (Lipinski definition) is 2. The molecule has 1 rings (SSSR count). The van der Waals surface area contributed by atoms with E-state index in [1.165, 1.54) is 13.2 Å². The van der Waals surface area contributed by atoms with Crippen LogP contribution in [0, 0.1) is 5.82 Å². The Morgan fingerprint density at radius 2 is 2.12 bits per heavy atom. The van der Waals surface area contributed by atoms with Crippen molar-refractivity contribution in [3.8, 4) is 5.75 Å². The van der Waals surface area contributed by atoms with Gasteiger partial charge in [0.05, 0.1) is 13.2 Å². The quantitative estimate of drug-likeness (QED) is 0.806. The standard InChI is InChI=1S/C12H18FNO2/c1-8(15)7-14-9(2)10-4-5-12(16-3)11(13)6-10/h4-6,8-9,14-15H,7H2,1-3H3/t8-,9?/m0/s1. The number of benzene rings is 1. The van der Waals surface area contributed by atoms with Gasteiger partial charge in [0.25, 0.3) is 0 Å². The molecule has 0 aliphatic carbocycles. The van der Waals surface area contributed by atoms with Crippen LogP contribution in [0.5, 0.6) is 5.75 Å². The zero-order chi connectivity index (χ0) is 12.1. The van der Waals surface area contributed by atoms with Gasteiger partial charge in [0.1, 0.15) is 0 Å². The molecular weight excluding hydrogens is 209 g/mol. The Kier molecular flexibility index (Phi) is 4.71. The molecule has 0 saturated carbocycles. The third-order valence-electron chi connectivity index (χ3n) is 2.40. The molecular formula is C12H18FNO2. The summed E-state index contributed by atoms with van der Waals surface area (Å²) in [5.74, 6) is -0.128. The first-order chi connectivity index (χ1) is 7.54. The second-order valence-corrected chi connectivity index (χ2v) is 3.87. The molecule has 0 radical (unpaired) electrons. The van der Waals surface area contributed by atoms with Crippen LogP contribution < -0.4 is 10.1 Å². The van der Waals surface area contributed by atoms with Gasteiger partial charge in [-0.15, -0.1) is 0 Å². The van der Waals surface area contributed by atoms with Crippen LogP contribution in [0.15, 0.2) is 18.2 Å². The van der Waals surface area contributed by atoms with E-state index in [4.69, 9.17) is 9.84 Å². The summed E-state index contributed by atoms with van der Waals surface area (Å²) in [5.41, 5.74) is 0.832. The fraction of sp³-hybridized carbons (Fsp3) is 0.500. The van der Waals surface area contributed by atoms with Gasteiger partial charge in [-0.05, 0) is 31.5 Å². The summed E-state index contributed by atoms with van der Waals surface area (Å²) >= 11 is 0. The van der Waals surface area contributed by atoms with Crippen LogP contribution in [-0.4, -0.2) is 24.9 Å². The lowest BCUT2D eigenvalue weighted by atomic mass is 10.1. The summed E-state index contributed by atoms with van der Waals surface area (Å²) in [4.78, 5) is 0. The van der Waals surface area contributed by atoms with E-state index in [0.29, 0.717) is 6.54 Å². The van der Waals surface area contributed by atoms with E-state index >= 15 is 0 Å². The normalized spacial score (nSPS) is 14.6. The number of nitrogens with one attached hydrogen (secondary N) is 1. The van der Waals surface area contributed by atoms with Crippen LogP contribution in [0.4, 0.5) is 4.39 Å². The second-order valence-electron chi connectivity index (χ2n) is 3.87. The van der Waals surface area contributed by atoms with Gasteiger partial charge in [-0.3, -0.25) is 0 Å². The summed E-state index contributed by atoms with van der Waals surface area (Å²) in [7, 11) is 1.44. The lowest BCUT2D eigenvalue weighted by Crippen LogP contribution is -2.27. The molecule has 0 bridgehead atoms. The Bertz CT molecular complexity index is 342. The highest BCUT2D eigenvalue weighted by molar-refractivity contribution is 5.30. The third kappa shape index (κ3) is 3.47. The van der Waals surface area contributed by atoms with Crippen LogP contribution in [0.2, 0.25) is 0 Å². The van der Waals surface area contributed by atoms with E-state index in [1.807, 2.05) is 13.0 Å². The molecule has 2 atom stereocenters. The molecule has 16 heavy (non-hydrogen) atoms. The molecule has 2 N–H and O–H groups in total. The Balaban J connectivity index is 2.69. The molecule has 0 amide bonds. The average molecular weight is 227 g/mol. The van der Waals surface area contributed by atoms with Crippen LogP contribution in [0.3, 0.4) is 0 Å². The fourth-order valence-electron chi connectivity index (χ4n) is 1.42. The highest BCUT2D eigenvalue weighted by atomic mass is 19.1. The lowest BCUT2D eigenvalue weighted by Gasteiger charge is -2.16. The van der Waals surface area contributed by atoms with Gasteiger partial charge in [-0.2, -0.15) is 0 Å². The number of halogens is 1. The number of aliphatic hydroxyl groups is 1. The molecule has 0 heterocycles. The van der Waals surface area contributed by atoms with E-state index in [0.717, 1.165) is 5.56 Å². The molecule has 1 unspecified atom stereocenters. The number of aliphatic hydroxyl groups excluding tert-OH is 1. The first-order valence-corrected chi connectivity index (χ1v) is 5.29. The van der Waals surface area contributed by atoms with Crippen LogP contribution in [0.25, 0.3) is 0 Å². The maximum atomic E-state index is 13.4. The molecule has 0 fully saturated rings. The molecule has 90 valence electrons. The highest BCUT2D eigenvalue weighted by Gasteiger charge is 2.09. The van der Waals surface area contributed by atoms with Gasteiger partial charge in [0, 0.05) is 12.6 Å². The number of hydrogen-bond acceptors (Lipinski definition) is 3. The van der Waals surface area contributed by atoms with Crippen LogP contribution in [-0.2, 0) is 0 Å². The smallest absolute Gasteiger partial charge is 0.165 e. The van der Waals surface area contributed by atoms with E-state index < -0.39 is 6.10 Å². The third-order valence-corrected chi connectivity index (χ3v) is 2.40. The molecule has 1 aromatic carbocycles. The number of ether oxygens (including phenoxy) is 1. The van der Waals surface area contributed by atoms with Crippen molar-refractivity contribution >= 4 is 0 Å². The van der Waals surface area contributed by atoms with E-state index in [1.54, 1.807) is 13.0 Å². The minimum atomic E-state index is -0.412. The van der Waals surface area contributed by atoms with Crippen molar-refractivity contribution in [2.75, 3.05) is 13.7 Å². The Morgan fingerprint density at radius 1 is 1.44 bits per heavy atom. The first-order valence-electron chi connectivity index (χ1n) is 5.29. The van der Waals surface area contributed by atoms with Gasteiger partial charge < -0.3 is 15.2 Å². The zero-order valence-corrected chi connectivity index (χ0v) is 9.83. The van der Waals surface area contributed by atoms with Crippen molar-refractivity contribution in [3.63, 3.8) is 0 Å². The summed E-state index contributed by atoms with van der Waals surface area (Å²) in [6, 6.07) is 4.85. The Labute approximate surface area is 95.2 Å². The lowest BCUT2D eigenvalue weighted by molar-refractivity contribution is 0.187. The predicted molar refractivity (Wildman–Crippen MR) is 61.1 cm³/mol. The summed E-state index contributed by atoms with van der Waals surface area (Å²) in [5, 5.41) is 12.2. The van der Waals surface area contributed by atoms with Crippen molar-refractivity contribution in [1.82, 2.24) is 5.32 Å². The van der Waals surface area contributed by atoms with Gasteiger partial charge in [-0.25, -0.2) is 4.39 Å². The van der Waals surface area contributed by atoms with Crippen LogP contribution >= 0.6 is 0 Å². The first kappa shape index (κ1) is 12.9. The van der Waals surface area contributed by atoms with E-state index in [9.17, 15) is 4.39 Å². The molecule has 0 aliphatic rings. The molecule has 0 aromatic heterocycles. The Hall–Kier alpha value is -1.13. The Morgan fingerprint density at radius 3 is 2.62 bits per heavy atom. The summed E-state index contributed by atoms with van der Waals surface area (Å²) < 4.78 is 18.2. The zero-order valence-electron chi connectivity index (χ0n) is 9.83. The molecule has 0 aliphatic heterocycles. The monoisotopic (exact) mass is 227 g/mol. The summed E-state index contributed by atoms with van der Waals surface area (Å²) in [6.07, 6.45) is -0.412. The maximum Gasteiger partial charge on any atom is 0.165 e. The van der Waals surface area contributed by atoms with E-state index in [-0.39, 0.29) is 17.6 Å². The SMILES string of the molecule is COc1ccc(C(C)NC[C@H](C)O)cc1F. The predicted octanol–water partition coefficient (Wildman–Crippen LogP) is 1.87. The minimum absolute atomic E-state index is 0.00462. The molecule has 4 heteroatoms. The largest absolute Gasteiger partial charge is 0.494 e. The van der Waals surface area contributed by atoms with Gasteiger partial charge >= 0.3 is 0 Å². The minimum Gasteiger partial charge on any atom is -0.494 e. The van der Waals surface area contributed by atoms with Gasteiger partial charge in [0.15, 0.2) is 11.6 Å². The topological polar surface area (TPSA) is 41.5 Å². The second kappa shape index (κ2) is 5.82. The van der Waals surface area contributed by atoms with Crippen molar-refractivity contribution < 1.29 is 14.2 Å². The highest BCUT2D eigenvalue weighted by Crippen LogP contribution is 2.21. The van der Waals surface area contributed by atoms with Gasteiger partial charge in [0.2, 0.25) is 0 Å². The molecule has 0 spiro atoms. The van der Waals surface area contributed by atoms with E-state index in [2.05, 4.69) is 5.32 Å². The molecule has 0 saturated heterocycles. The average Bonchev–Trinajstić information content (AvgIpc) is 2.25. The molecule has 3 nitrogen and oxygen atoms in total.